The lowest BCUT2D eigenvalue weighted by Gasteiger charge is -2.26. The maximum Gasteiger partial charge on any atom is 0.143 e. The highest BCUT2D eigenvalue weighted by atomic mass is 16.3. The summed E-state index contributed by atoms with van der Waals surface area (Å²) in [5, 5.41) is 2.30. The second kappa shape index (κ2) is 12.3. The van der Waals surface area contributed by atoms with Gasteiger partial charge in [0.15, 0.2) is 0 Å². The molecule has 0 spiro atoms. The number of hydrogen-bond acceptors (Lipinski definition) is 2. The van der Waals surface area contributed by atoms with E-state index >= 15 is 0 Å². The molecule has 53 heavy (non-hydrogen) atoms. The Morgan fingerprint density at radius 1 is 0.415 bits per heavy atom. The van der Waals surface area contributed by atoms with Crippen molar-refractivity contribution in [1.82, 2.24) is 0 Å². The standard InChI is InChI=1S/C51H37NO/c1-51(2)45-21-10-9-19-43(45)49-46(51)32-31-44-48-42(20-12-22-47(48)53-50(44)49)38-17-11-18-41(33-38)52(39-27-23-36(24-28-39)34-13-5-3-6-14-34)40-29-25-37(26-30-40)35-15-7-4-8-16-35/h3-33H,1-2H3. The molecule has 1 aliphatic carbocycles. The second-order valence-corrected chi connectivity index (χ2v) is 14.5. The van der Waals surface area contributed by atoms with Gasteiger partial charge in [-0.1, -0.05) is 159 Å². The summed E-state index contributed by atoms with van der Waals surface area (Å²) in [5.74, 6) is 0. The van der Waals surface area contributed by atoms with Crippen molar-refractivity contribution in [2.24, 2.45) is 0 Å². The van der Waals surface area contributed by atoms with Gasteiger partial charge in [0, 0.05) is 38.8 Å². The van der Waals surface area contributed by atoms with E-state index in [9.17, 15) is 0 Å². The fourth-order valence-corrected chi connectivity index (χ4v) is 8.44. The van der Waals surface area contributed by atoms with Crippen LogP contribution in [0, 0.1) is 0 Å². The van der Waals surface area contributed by atoms with E-state index in [1.807, 2.05) is 0 Å². The normalized spacial score (nSPS) is 12.9. The van der Waals surface area contributed by atoms with Crippen LogP contribution in [0.25, 0.3) is 66.4 Å². The van der Waals surface area contributed by atoms with Gasteiger partial charge >= 0.3 is 0 Å². The van der Waals surface area contributed by atoms with Crippen molar-refractivity contribution in [3.05, 3.63) is 199 Å². The monoisotopic (exact) mass is 679 g/mol. The zero-order valence-corrected chi connectivity index (χ0v) is 29.8. The average Bonchev–Trinajstić information content (AvgIpc) is 3.71. The summed E-state index contributed by atoms with van der Waals surface area (Å²) in [6.07, 6.45) is 0. The molecule has 2 heteroatoms. The molecule has 0 aliphatic heterocycles. The Kier molecular flexibility index (Phi) is 7.19. The van der Waals surface area contributed by atoms with Crippen molar-refractivity contribution in [3.63, 3.8) is 0 Å². The molecule has 0 radical (unpaired) electrons. The fourth-order valence-electron chi connectivity index (χ4n) is 8.44. The maximum absolute atomic E-state index is 6.81. The quantitative estimate of drug-likeness (QED) is 0.174. The van der Waals surface area contributed by atoms with Crippen molar-refractivity contribution in [2.45, 2.75) is 19.3 Å². The minimum Gasteiger partial charge on any atom is -0.455 e. The molecule has 2 nitrogen and oxygen atoms in total. The highest BCUT2D eigenvalue weighted by Gasteiger charge is 2.37. The molecule has 0 N–H and O–H groups in total. The minimum absolute atomic E-state index is 0.0850. The predicted octanol–water partition coefficient (Wildman–Crippen LogP) is 14.4. The molecule has 1 aliphatic rings. The van der Waals surface area contributed by atoms with Crippen LogP contribution in [0.3, 0.4) is 0 Å². The predicted molar refractivity (Wildman–Crippen MR) is 222 cm³/mol. The van der Waals surface area contributed by atoms with Crippen LogP contribution in [0.1, 0.15) is 25.0 Å². The molecule has 9 aromatic rings. The average molecular weight is 680 g/mol. The maximum atomic E-state index is 6.81. The van der Waals surface area contributed by atoms with E-state index in [0.717, 1.165) is 50.1 Å². The highest BCUT2D eigenvalue weighted by molar-refractivity contribution is 6.16. The topological polar surface area (TPSA) is 16.4 Å². The van der Waals surface area contributed by atoms with Gasteiger partial charge in [0.1, 0.15) is 11.2 Å². The van der Waals surface area contributed by atoms with Gasteiger partial charge in [-0.2, -0.15) is 0 Å². The third-order valence-electron chi connectivity index (χ3n) is 11.1. The van der Waals surface area contributed by atoms with E-state index in [4.69, 9.17) is 4.42 Å². The summed E-state index contributed by atoms with van der Waals surface area (Å²) in [6, 6.07) is 67.6. The van der Waals surface area contributed by atoms with Crippen molar-refractivity contribution < 1.29 is 4.42 Å². The van der Waals surface area contributed by atoms with Gasteiger partial charge < -0.3 is 9.32 Å². The van der Waals surface area contributed by atoms with Crippen molar-refractivity contribution in [1.29, 1.82) is 0 Å². The van der Waals surface area contributed by atoms with Gasteiger partial charge in [-0.25, -0.2) is 0 Å². The SMILES string of the molecule is CC1(C)c2ccccc2-c2c1ccc1c2oc2cccc(-c3cccc(N(c4ccc(-c5ccccc5)cc4)c4ccc(-c5ccccc5)cc4)c3)c21. The molecular weight excluding hydrogens is 643 g/mol. The molecule has 10 rings (SSSR count). The lowest BCUT2D eigenvalue weighted by atomic mass is 9.82. The van der Waals surface area contributed by atoms with E-state index < -0.39 is 0 Å². The summed E-state index contributed by atoms with van der Waals surface area (Å²) in [6.45, 7) is 4.64. The Hall–Kier alpha value is -6.64. The number of anilines is 3. The number of fused-ring (bicyclic) bond motifs is 7. The van der Waals surface area contributed by atoms with Crippen molar-refractivity contribution in [3.8, 4) is 44.5 Å². The number of furan rings is 1. The van der Waals surface area contributed by atoms with Crippen LogP contribution in [-0.2, 0) is 5.41 Å². The van der Waals surface area contributed by atoms with Crippen LogP contribution in [0.2, 0.25) is 0 Å². The van der Waals surface area contributed by atoms with Gasteiger partial charge in [-0.3, -0.25) is 0 Å². The van der Waals surface area contributed by atoms with Gasteiger partial charge in [0.25, 0.3) is 0 Å². The molecule has 252 valence electrons. The first kappa shape index (κ1) is 31.1. The summed E-state index contributed by atoms with van der Waals surface area (Å²) in [4.78, 5) is 2.35. The summed E-state index contributed by atoms with van der Waals surface area (Å²) in [5.41, 5.74) is 17.3. The summed E-state index contributed by atoms with van der Waals surface area (Å²) in [7, 11) is 0. The first-order valence-electron chi connectivity index (χ1n) is 18.3. The molecule has 0 unspecified atom stereocenters. The molecule has 8 aromatic carbocycles. The van der Waals surface area contributed by atoms with Crippen LogP contribution in [-0.4, -0.2) is 0 Å². The molecule has 0 bridgehead atoms. The van der Waals surface area contributed by atoms with Gasteiger partial charge in [-0.05, 0) is 92.5 Å². The van der Waals surface area contributed by atoms with Gasteiger partial charge in [0.2, 0.25) is 0 Å². The Morgan fingerprint density at radius 2 is 0.962 bits per heavy atom. The van der Waals surface area contributed by atoms with E-state index in [0.29, 0.717) is 0 Å². The van der Waals surface area contributed by atoms with E-state index in [2.05, 4.69) is 207 Å². The third-order valence-corrected chi connectivity index (χ3v) is 11.1. The lowest BCUT2D eigenvalue weighted by molar-refractivity contribution is 0.653. The van der Waals surface area contributed by atoms with Crippen LogP contribution < -0.4 is 4.90 Å². The van der Waals surface area contributed by atoms with Crippen molar-refractivity contribution in [2.75, 3.05) is 4.90 Å². The highest BCUT2D eigenvalue weighted by Crippen LogP contribution is 2.53. The Labute approximate surface area is 310 Å². The van der Waals surface area contributed by atoms with Gasteiger partial charge in [0.05, 0.1) is 0 Å². The molecule has 1 aromatic heterocycles. The zero-order chi connectivity index (χ0) is 35.5. The second-order valence-electron chi connectivity index (χ2n) is 14.5. The molecule has 0 amide bonds. The molecule has 1 heterocycles. The third kappa shape index (κ3) is 5.10. The molecule has 0 fully saturated rings. The zero-order valence-electron chi connectivity index (χ0n) is 29.8. The van der Waals surface area contributed by atoms with Gasteiger partial charge in [-0.15, -0.1) is 0 Å². The molecule has 0 saturated heterocycles. The van der Waals surface area contributed by atoms with Crippen molar-refractivity contribution >= 4 is 39.0 Å². The van der Waals surface area contributed by atoms with E-state index in [1.54, 1.807) is 0 Å². The Bertz CT molecular complexity index is 2690. The number of rotatable bonds is 6. The van der Waals surface area contributed by atoms with E-state index in [-0.39, 0.29) is 5.41 Å². The fraction of sp³-hybridized carbons (Fsp3) is 0.0588. The molecule has 0 saturated carbocycles. The number of hydrogen-bond donors (Lipinski definition) is 0. The summed E-state index contributed by atoms with van der Waals surface area (Å²) >= 11 is 0. The smallest absolute Gasteiger partial charge is 0.143 e. The Morgan fingerprint density at radius 3 is 1.62 bits per heavy atom. The Balaban J connectivity index is 1.11. The van der Waals surface area contributed by atoms with Crippen LogP contribution in [0.15, 0.2) is 192 Å². The number of nitrogens with zero attached hydrogens (tertiary/aromatic N) is 1. The first-order valence-corrected chi connectivity index (χ1v) is 18.3. The number of benzene rings is 8. The van der Waals surface area contributed by atoms with Crippen LogP contribution in [0.4, 0.5) is 17.1 Å². The minimum atomic E-state index is -0.0850. The lowest BCUT2D eigenvalue weighted by Crippen LogP contribution is -2.14. The summed E-state index contributed by atoms with van der Waals surface area (Å²) < 4.78 is 6.81. The molecule has 0 atom stereocenters. The first-order chi connectivity index (χ1) is 26.0. The van der Waals surface area contributed by atoms with Crippen LogP contribution >= 0.6 is 0 Å². The van der Waals surface area contributed by atoms with Crippen LogP contribution in [0.5, 0.6) is 0 Å². The molecular formula is C51H37NO. The van der Waals surface area contributed by atoms with E-state index in [1.165, 1.54) is 44.5 Å². The largest absolute Gasteiger partial charge is 0.455 e.